The third-order valence-corrected chi connectivity index (χ3v) is 7.32. The zero-order chi connectivity index (χ0) is 22.3. The van der Waals surface area contributed by atoms with Crippen molar-refractivity contribution in [1.82, 2.24) is 10.2 Å². The number of morpholine rings is 1. The van der Waals surface area contributed by atoms with Crippen LogP contribution in [0.2, 0.25) is 0 Å². The quantitative estimate of drug-likeness (QED) is 0.386. The van der Waals surface area contributed by atoms with Crippen LogP contribution >= 0.6 is 0 Å². The highest BCUT2D eigenvalue weighted by molar-refractivity contribution is 5.24. The van der Waals surface area contributed by atoms with E-state index in [2.05, 4.69) is 47.5 Å². The Morgan fingerprint density at radius 1 is 1.28 bits per heavy atom. The SMILES string of the molecule is Cc1cccc(C[C@H](O)C=C[C@@H]2[C@H]3CC(CNCCCN4CCOCC4)=C[C@H]3C[C@H]2O)c1. The lowest BCUT2D eigenvalue weighted by molar-refractivity contribution is 0.0375. The van der Waals surface area contributed by atoms with Gasteiger partial charge in [-0.05, 0) is 56.7 Å². The first-order valence-electron chi connectivity index (χ1n) is 12.4. The molecule has 1 saturated carbocycles. The van der Waals surface area contributed by atoms with Gasteiger partial charge in [0.15, 0.2) is 0 Å². The van der Waals surface area contributed by atoms with E-state index in [1.807, 2.05) is 12.1 Å². The Balaban J connectivity index is 1.19. The Morgan fingerprint density at radius 3 is 2.94 bits per heavy atom. The predicted octanol–water partition coefficient (Wildman–Crippen LogP) is 2.71. The molecular weight excluding hydrogens is 400 g/mol. The summed E-state index contributed by atoms with van der Waals surface area (Å²) in [7, 11) is 0. The molecule has 32 heavy (non-hydrogen) atoms. The van der Waals surface area contributed by atoms with Crippen LogP contribution in [-0.2, 0) is 11.2 Å². The Bertz CT molecular complexity index is 787. The number of nitrogens with one attached hydrogen (secondary N) is 1. The molecule has 1 aromatic rings. The first-order chi connectivity index (χ1) is 15.6. The van der Waals surface area contributed by atoms with Crippen LogP contribution in [0.3, 0.4) is 0 Å². The maximum Gasteiger partial charge on any atom is 0.0761 e. The van der Waals surface area contributed by atoms with Gasteiger partial charge in [-0.25, -0.2) is 0 Å². The highest BCUT2D eigenvalue weighted by atomic mass is 16.5. The molecule has 3 aliphatic rings. The van der Waals surface area contributed by atoms with E-state index in [1.165, 1.54) is 17.6 Å². The number of rotatable bonds is 10. The number of hydrogen-bond donors (Lipinski definition) is 3. The number of aryl methyl sites for hydroxylation is 1. The van der Waals surface area contributed by atoms with Gasteiger partial charge >= 0.3 is 0 Å². The van der Waals surface area contributed by atoms with Crippen molar-refractivity contribution in [3.05, 3.63) is 59.2 Å². The summed E-state index contributed by atoms with van der Waals surface area (Å²) in [5.74, 6) is 1.08. The number of nitrogens with zero attached hydrogens (tertiary/aromatic N) is 1. The van der Waals surface area contributed by atoms with Crippen molar-refractivity contribution >= 4 is 0 Å². The van der Waals surface area contributed by atoms with Crippen molar-refractivity contribution < 1.29 is 14.9 Å². The molecule has 0 radical (unpaired) electrons. The molecule has 176 valence electrons. The molecule has 5 atom stereocenters. The van der Waals surface area contributed by atoms with E-state index in [0.717, 1.165) is 64.3 Å². The molecular formula is C27H40N2O3. The lowest BCUT2D eigenvalue weighted by Crippen LogP contribution is -2.37. The zero-order valence-electron chi connectivity index (χ0n) is 19.5. The summed E-state index contributed by atoms with van der Waals surface area (Å²) in [4.78, 5) is 2.48. The molecule has 5 nitrogen and oxygen atoms in total. The van der Waals surface area contributed by atoms with Crippen molar-refractivity contribution in [2.24, 2.45) is 17.8 Å². The Labute approximate surface area is 193 Å². The summed E-state index contributed by atoms with van der Waals surface area (Å²) in [6.07, 6.45) is 9.27. The molecule has 0 amide bonds. The summed E-state index contributed by atoms with van der Waals surface area (Å²) < 4.78 is 5.41. The molecule has 4 rings (SSSR count). The lowest BCUT2D eigenvalue weighted by atomic mass is 9.89. The topological polar surface area (TPSA) is 65.0 Å². The zero-order valence-corrected chi connectivity index (χ0v) is 19.5. The fourth-order valence-corrected chi connectivity index (χ4v) is 5.64. The van der Waals surface area contributed by atoms with Gasteiger partial charge in [-0.1, -0.05) is 53.6 Å². The van der Waals surface area contributed by atoms with Gasteiger partial charge in [-0.3, -0.25) is 4.90 Å². The average Bonchev–Trinajstić information content (AvgIpc) is 3.29. The summed E-state index contributed by atoms with van der Waals surface area (Å²) in [5, 5.41) is 24.7. The monoisotopic (exact) mass is 440 g/mol. The first kappa shape index (κ1) is 23.7. The second-order valence-corrected chi connectivity index (χ2v) is 9.87. The van der Waals surface area contributed by atoms with Crippen LogP contribution in [-0.4, -0.2) is 73.3 Å². The van der Waals surface area contributed by atoms with Gasteiger partial charge in [0.05, 0.1) is 25.4 Å². The second-order valence-electron chi connectivity index (χ2n) is 9.87. The third kappa shape index (κ3) is 6.52. The molecule has 0 bridgehead atoms. The van der Waals surface area contributed by atoms with Crippen LogP contribution in [0.5, 0.6) is 0 Å². The average molecular weight is 441 g/mol. The van der Waals surface area contributed by atoms with Crippen LogP contribution in [0, 0.1) is 24.7 Å². The largest absolute Gasteiger partial charge is 0.392 e. The van der Waals surface area contributed by atoms with Crippen molar-refractivity contribution in [3.63, 3.8) is 0 Å². The highest BCUT2D eigenvalue weighted by Gasteiger charge is 2.43. The lowest BCUT2D eigenvalue weighted by Gasteiger charge is -2.26. The van der Waals surface area contributed by atoms with Crippen LogP contribution in [0.15, 0.2) is 48.1 Å². The molecule has 1 aliphatic heterocycles. The maximum atomic E-state index is 10.6. The maximum absolute atomic E-state index is 10.6. The van der Waals surface area contributed by atoms with Crippen LogP contribution in [0.25, 0.3) is 0 Å². The fourth-order valence-electron chi connectivity index (χ4n) is 5.64. The van der Waals surface area contributed by atoms with Gasteiger partial charge in [0.25, 0.3) is 0 Å². The summed E-state index contributed by atoms with van der Waals surface area (Å²) in [5.41, 5.74) is 3.85. The van der Waals surface area contributed by atoms with Gasteiger partial charge < -0.3 is 20.3 Å². The molecule has 2 fully saturated rings. The number of hydrogen-bond acceptors (Lipinski definition) is 5. The number of fused-ring (bicyclic) bond motifs is 1. The molecule has 1 aromatic carbocycles. The molecule has 1 heterocycles. The minimum atomic E-state index is -0.509. The summed E-state index contributed by atoms with van der Waals surface area (Å²) in [6.45, 7) is 9.08. The van der Waals surface area contributed by atoms with Crippen LogP contribution in [0.4, 0.5) is 0 Å². The Morgan fingerprint density at radius 2 is 2.12 bits per heavy atom. The fraction of sp³-hybridized carbons (Fsp3) is 0.630. The van der Waals surface area contributed by atoms with E-state index in [1.54, 1.807) is 0 Å². The van der Waals surface area contributed by atoms with Crippen LogP contribution in [0.1, 0.15) is 30.4 Å². The van der Waals surface area contributed by atoms with E-state index in [0.29, 0.717) is 18.3 Å². The number of benzene rings is 1. The molecule has 0 aromatic heterocycles. The van der Waals surface area contributed by atoms with Crippen molar-refractivity contribution in [1.29, 1.82) is 0 Å². The van der Waals surface area contributed by atoms with Crippen molar-refractivity contribution in [2.45, 2.75) is 44.8 Å². The first-order valence-corrected chi connectivity index (χ1v) is 12.4. The predicted molar refractivity (Wildman–Crippen MR) is 129 cm³/mol. The van der Waals surface area contributed by atoms with Gasteiger partial charge in [0, 0.05) is 32.0 Å². The normalized spacial score (nSPS) is 29.4. The molecule has 5 heteroatoms. The smallest absolute Gasteiger partial charge is 0.0761 e. The minimum Gasteiger partial charge on any atom is -0.392 e. The Kier molecular flexibility index (Phi) is 8.55. The van der Waals surface area contributed by atoms with E-state index in [4.69, 9.17) is 4.74 Å². The highest BCUT2D eigenvalue weighted by Crippen LogP contribution is 2.47. The standard InChI is InChI=1S/C27H40N2O3/c1-20-4-2-5-21(14-20)16-24(30)6-7-25-26-17-22(15-23(26)18-27(25)31)19-28-8-3-9-29-10-12-32-13-11-29/h2,4-7,14-15,23-28,30-31H,3,8-13,16-19H2,1H3/t23-,24+,25+,26-,27+/m0/s1. The molecule has 1 saturated heterocycles. The van der Waals surface area contributed by atoms with Gasteiger partial charge in [0.1, 0.15) is 0 Å². The Hall–Kier alpha value is -1.50. The second kappa shape index (κ2) is 11.6. The van der Waals surface area contributed by atoms with Gasteiger partial charge in [0.2, 0.25) is 0 Å². The van der Waals surface area contributed by atoms with Crippen LogP contribution < -0.4 is 5.32 Å². The number of aliphatic hydroxyl groups is 2. The van der Waals surface area contributed by atoms with Gasteiger partial charge in [-0.15, -0.1) is 0 Å². The van der Waals surface area contributed by atoms with E-state index < -0.39 is 6.10 Å². The van der Waals surface area contributed by atoms with Gasteiger partial charge in [-0.2, -0.15) is 0 Å². The number of aliphatic hydroxyl groups excluding tert-OH is 2. The molecule has 2 aliphatic carbocycles. The number of ether oxygens (including phenoxy) is 1. The molecule has 3 N–H and O–H groups in total. The summed E-state index contributed by atoms with van der Waals surface area (Å²) >= 11 is 0. The third-order valence-electron chi connectivity index (χ3n) is 7.32. The van der Waals surface area contributed by atoms with E-state index in [9.17, 15) is 10.2 Å². The van der Waals surface area contributed by atoms with Crippen molar-refractivity contribution in [2.75, 3.05) is 45.9 Å². The van der Waals surface area contributed by atoms with Crippen molar-refractivity contribution in [3.8, 4) is 0 Å². The minimum absolute atomic E-state index is 0.141. The molecule has 0 spiro atoms. The van der Waals surface area contributed by atoms with E-state index >= 15 is 0 Å². The summed E-state index contributed by atoms with van der Waals surface area (Å²) in [6, 6.07) is 8.30. The molecule has 0 unspecified atom stereocenters. The number of allylic oxidation sites excluding steroid dienone is 1. The van der Waals surface area contributed by atoms with E-state index in [-0.39, 0.29) is 12.0 Å².